The molecule has 3 N–H and O–H groups in total. The van der Waals surface area contributed by atoms with Crippen molar-refractivity contribution >= 4 is 11.8 Å². The fraction of sp³-hybridized carbons (Fsp3) is 0.765. The Morgan fingerprint density at radius 3 is 2.65 bits per heavy atom. The van der Waals surface area contributed by atoms with E-state index in [1.54, 1.807) is 0 Å². The quantitative estimate of drug-likeness (QED) is 0.699. The van der Waals surface area contributed by atoms with Gasteiger partial charge in [0, 0.05) is 31.2 Å². The van der Waals surface area contributed by atoms with E-state index in [2.05, 4.69) is 26.7 Å². The highest BCUT2D eigenvalue weighted by molar-refractivity contribution is 5.44. The van der Waals surface area contributed by atoms with Crippen LogP contribution in [0.1, 0.15) is 56.6 Å². The molecule has 1 aromatic heterocycles. The average Bonchev–Trinajstić information content (AvgIpc) is 2.99. The number of aliphatic hydroxyl groups excluding tert-OH is 1. The van der Waals surface area contributed by atoms with Crippen molar-refractivity contribution in [2.24, 2.45) is 0 Å². The summed E-state index contributed by atoms with van der Waals surface area (Å²) in [5.74, 6) is 1.84. The van der Waals surface area contributed by atoms with Crippen molar-refractivity contribution in [1.29, 1.82) is 0 Å². The van der Waals surface area contributed by atoms with Gasteiger partial charge in [-0.3, -0.25) is 0 Å². The number of nitrogens with one attached hydrogen (secondary N) is 2. The SMILES string of the molecule is OCCNc1nc(NC2CCCCCC2)cc([C@H]2CCOC2)n1. The third kappa shape index (κ3) is 4.78. The van der Waals surface area contributed by atoms with Crippen molar-refractivity contribution in [3.8, 4) is 0 Å². The van der Waals surface area contributed by atoms with E-state index in [-0.39, 0.29) is 6.61 Å². The largest absolute Gasteiger partial charge is 0.395 e. The van der Waals surface area contributed by atoms with Crippen LogP contribution in [0.4, 0.5) is 11.8 Å². The van der Waals surface area contributed by atoms with Crippen LogP contribution >= 0.6 is 0 Å². The van der Waals surface area contributed by atoms with E-state index in [4.69, 9.17) is 9.84 Å². The molecule has 1 aromatic rings. The van der Waals surface area contributed by atoms with E-state index < -0.39 is 0 Å². The van der Waals surface area contributed by atoms with Crippen LogP contribution in [0.25, 0.3) is 0 Å². The van der Waals surface area contributed by atoms with Crippen molar-refractivity contribution in [2.45, 2.75) is 56.9 Å². The van der Waals surface area contributed by atoms with Crippen LogP contribution in [0.15, 0.2) is 6.07 Å². The highest BCUT2D eigenvalue weighted by atomic mass is 16.5. The number of nitrogens with zero attached hydrogens (tertiary/aromatic N) is 2. The molecular weight excluding hydrogens is 292 g/mol. The number of ether oxygens (including phenoxy) is 1. The first-order chi connectivity index (χ1) is 11.3. The summed E-state index contributed by atoms with van der Waals surface area (Å²) in [6.07, 6.45) is 8.71. The van der Waals surface area contributed by atoms with Gasteiger partial charge in [0.15, 0.2) is 0 Å². The van der Waals surface area contributed by atoms with Crippen LogP contribution in [-0.4, -0.2) is 47.5 Å². The topological polar surface area (TPSA) is 79.3 Å². The third-order valence-electron chi connectivity index (χ3n) is 4.70. The number of rotatable bonds is 6. The molecule has 1 saturated carbocycles. The molecule has 0 amide bonds. The molecule has 0 radical (unpaired) electrons. The number of anilines is 2. The van der Waals surface area contributed by atoms with Crippen LogP contribution in [0.3, 0.4) is 0 Å². The molecule has 2 fully saturated rings. The normalized spacial score (nSPS) is 22.7. The van der Waals surface area contributed by atoms with Gasteiger partial charge in [0.25, 0.3) is 0 Å². The highest BCUT2D eigenvalue weighted by Crippen LogP contribution is 2.27. The number of aliphatic hydroxyl groups is 1. The van der Waals surface area contributed by atoms with E-state index in [0.29, 0.717) is 24.5 Å². The molecule has 0 unspecified atom stereocenters. The highest BCUT2D eigenvalue weighted by Gasteiger charge is 2.21. The Hall–Kier alpha value is -1.40. The second-order valence-corrected chi connectivity index (χ2v) is 6.55. The first-order valence-electron chi connectivity index (χ1n) is 8.93. The van der Waals surface area contributed by atoms with Crippen molar-refractivity contribution in [2.75, 3.05) is 37.0 Å². The summed E-state index contributed by atoms with van der Waals surface area (Å²) in [6, 6.07) is 2.58. The summed E-state index contributed by atoms with van der Waals surface area (Å²) in [7, 11) is 0. The summed E-state index contributed by atoms with van der Waals surface area (Å²) >= 11 is 0. The smallest absolute Gasteiger partial charge is 0.224 e. The molecule has 6 nitrogen and oxygen atoms in total. The van der Waals surface area contributed by atoms with Gasteiger partial charge in [0.2, 0.25) is 5.95 Å². The summed E-state index contributed by atoms with van der Waals surface area (Å²) in [5.41, 5.74) is 1.04. The lowest BCUT2D eigenvalue weighted by Crippen LogP contribution is -2.20. The molecule has 128 valence electrons. The molecule has 6 heteroatoms. The van der Waals surface area contributed by atoms with E-state index in [0.717, 1.165) is 31.1 Å². The van der Waals surface area contributed by atoms with Crippen LogP contribution < -0.4 is 10.6 Å². The molecule has 1 aliphatic carbocycles. The average molecular weight is 320 g/mol. The lowest BCUT2D eigenvalue weighted by atomic mass is 10.0. The van der Waals surface area contributed by atoms with Gasteiger partial charge in [0.1, 0.15) is 5.82 Å². The van der Waals surface area contributed by atoms with Crippen molar-refractivity contribution in [1.82, 2.24) is 9.97 Å². The molecule has 1 saturated heterocycles. The predicted octanol–water partition coefficient (Wildman–Crippen LogP) is 2.52. The Morgan fingerprint density at radius 1 is 1.13 bits per heavy atom. The monoisotopic (exact) mass is 320 g/mol. The third-order valence-corrected chi connectivity index (χ3v) is 4.70. The molecule has 0 aromatic carbocycles. The van der Waals surface area contributed by atoms with E-state index in [1.165, 1.54) is 38.5 Å². The lowest BCUT2D eigenvalue weighted by Gasteiger charge is -2.19. The molecule has 3 rings (SSSR count). The molecule has 1 atom stereocenters. The fourth-order valence-electron chi connectivity index (χ4n) is 3.40. The lowest BCUT2D eigenvalue weighted by molar-refractivity contribution is 0.193. The molecule has 1 aliphatic heterocycles. The minimum absolute atomic E-state index is 0.0749. The standard InChI is InChI=1S/C17H28N4O2/c22-9-8-18-17-20-15(13-7-10-23-12-13)11-16(21-17)19-14-5-3-1-2-4-6-14/h11,13-14,22H,1-10,12H2,(H2,18,19,20,21)/t13-/m0/s1. The summed E-state index contributed by atoms with van der Waals surface area (Å²) in [6.45, 7) is 2.08. The van der Waals surface area contributed by atoms with Crippen LogP contribution in [0.2, 0.25) is 0 Å². The minimum Gasteiger partial charge on any atom is -0.395 e. The maximum absolute atomic E-state index is 9.02. The molecule has 0 spiro atoms. The van der Waals surface area contributed by atoms with Crippen LogP contribution in [0, 0.1) is 0 Å². The fourth-order valence-corrected chi connectivity index (χ4v) is 3.40. The zero-order valence-corrected chi connectivity index (χ0v) is 13.8. The maximum atomic E-state index is 9.02. The first-order valence-corrected chi connectivity index (χ1v) is 8.93. The van der Waals surface area contributed by atoms with E-state index in [1.807, 2.05) is 0 Å². The molecule has 2 aliphatic rings. The van der Waals surface area contributed by atoms with Gasteiger partial charge in [-0.25, -0.2) is 4.98 Å². The van der Waals surface area contributed by atoms with Crippen molar-refractivity contribution in [3.63, 3.8) is 0 Å². The zero-order chi connectivity index (χ0) is 15.9. The summed E-state index contributed by atoms with van der Waals surface area (Å²) < 4.78 is 5.50. The zero-order valence-electron chi connectivity index (χ0n) is 13.8. The van der Waals surface area contributed by atoms with Gasteiger partial charge >= 0.3 is 0 Å². The Labute approximate surface area is 138 Å². The van der Waals surface area contributed by atoms with Gasteiger partial charge in [-0.1, -0.05) is 25.7 Å². The van der Waals surface area contributed by atoms with Gasteiger partial charge in [-0.15, -0.1) is 0 Å². The Balaban J connectivity index is 1.74. The van der Waals surface area contributed by atoms with Gasteiger partial charge in [-0.2, -0.15) is 4.98 Å². The van der Waals surface area contributed by atoms with Gasteiger partial charge in [0.05, 0.1) is 18.9 Å². The second kappa shape index (κ2) is 8.45. The first kappa shape index (κ1) is 16.5. The van der Waals surface area contributed by atoms with Crippen molar-refractivity contribution < 1.29 is 9.84 Å². The van der Waals surface area contributed by atoms with E-state index >= 15 is 0 Å². The molecule has 0 bridgehead atoms. The Bertz CT molecular complexity index is 483. The van der Waals surface area contributed by atoms with E-state index in [9.17, 15) is 0 Å². The predicted molar refractivity (Wildman–Crippen MR) is 90.9 cm³/mol. The molecule has 23 heavy (non-hydrogen) atoms. The molecule has 2 heterocycles. The maximum Gasteiger partial charge on any atom is 0.224 e. The Morgan fingerprint density at radius 2 is 1.96 bits per heavy atom. The number of aromatic nitrogens is 2. The number of hydrogen-bond acceptors (Lipinski definition) is 6. The number of hydrogen-bond donors (Lipinski definition) is 3. The summed E-state index contributed by atoms with van der Waals surface area (Å²) in [5, 5.41) is 15.7. The summed E-state index contributed by atoms with van der Waals surface area (Å²) in [4.78, 5) is 9.19. The van der Waals surface area contributed by atoms with Crippen LogP contribution in [0.5, 0.6) is 0 Å². The Kier molecular flexibility index (Phi) is 6.05. The van der Waals surface area contributed by atoms with Gasteiger partial charge < -0.3 is 20.5 Å². The van der Waals surface area contributed by atoms with Gasteiger partial charge in [-0.05, 0) is 19.3 Å². The second-order valence-electron chi connectivity index (χ2n) is 6.55. The minimum atomic E-state index is 0.0749. The van der Waals surface area contributed by atoms with Crippen molar-refractivity contribution in [3.05, 3.63) is 11.8 Å². The van der Waals surface area contributed by atoms with Crippen LogP contribution in [-0.2, 0) is 4.74 Å². The molecular formula is C17H28N4O2.